The van der Waals surface area contributed by atoms with Crippen LogP contribution in [0.3, 0.4) is 0 Å². The number of hydrogen-bond acceptors (Lipinski definition) is 5. The van der Waals surface area contributed by atoms with Gasteiger partial charge in [-0.15, -0.1) is 10.2 Å². The molecule has 0 aliphatic heterocycles. The lowest BCUT2D eigenvalue weighted by Gasteiger charge is -2.25. The van der Waals surface area contributed by atoms with Crippen molar-refractivity contribution in [1.29, 1.82) is 0 Å². The second kappa shape index (κ2) is 7.51. The fraction of sp³-hybridized carbons (Fsp3) is 0.100. The molecule has 2 heterocycles. The molecule has 0 bridgehead atoms. The monoisotopic (exact) mass is 412 g/mol. The van der Waals surface area contributed by atoms with Crippen LogP contribution in [0.5, 0.6) is 5.75 Å². The van der Waals surface area contributed by atoms with Crippen LogP contribution in [0.4, 0.5) is 10.1 Å². The van der Waals surface area contributed by atoms with Gasteiger partial charge in [-0.05, 0) is 42.0 Å². The average Bonchev–Trinajstić information content (AvgIpc) is 3.20. The Morgan fingerprint density at radius 1 is 1.10 bits per heavy atom. The number of aromatic nitrogens is 3. The highest BCUT2D eigenvalue weighted by Crippen LogP contribution is 2.29. The van der Waals surface area contributed by atoms with Crippen LogP contribution in [0.25, 0.3) is 5.65 Å². The number of pyridine rings is 1. The van der Waals surface area contributed by atoms with Crippen molar-refractivity contribution in [2.24, 2.45) is 0 Å². The van der Waals surface area contributed by atoms with E-state index in [1.165, 1.54) is 46.5 Å². The van der Waals surface area contributed by atoms with Gasteiger partial charge in [0, 0.05) is 12.3 Å². The molecule has 2 aromatic carbocycles. The molecule has 0 atom stereocenters. The molecule has 0 aliphatic carbocycles. The molecule has 4 rings (SSSR count). The molecule has 0 fully saturated rings. The van der Waals surface area contributed by atoms with Gasteiger partial charge in [0.15, 0.2) is 5.65 Å². The van der Waals surface area contributed by atoms with Gasteiger partial charge in [-0.3, -0.25) is 8.71 Å². The highest BCUT2D eigenvalue weighted by Gasteiger charge is 2.26. The maximum atomic E-state index is 13.7. The summed E-state index contributed by atoms with van der Waals surface area (Å²) in [6, 6.07) is 15.6. The zero-order valence-corrected chi connectivity index (χ0v) is 16.3. The van der Waals surface area contributed by atoms with Crippen molar-refractivity contribution >= 4 is 21.4 Å². The molecule has 148 valence electrons. The van der Waals surface area contributed by atoms with Crippen molar-refractivity contribution in [1.82, 2.24) is 14.6 Å². The summed E-state index contributed by atoms with van der Waals surface area (Å²) in [5.74, 6) is 0.0765. The van der Waals surface area contributed by atoms with Crippen LogP contribution >= 0.6 is 0 Å². The van der Waals surface area contributed by atoms with E-state index in [-0.39, 0.29) is 11.4 Å². The number of rotatable bonds is 6. The van der Waals surface area contributed by atoms with Crippen molar-refractivity contribution in [2.75, 3.05) is 11.4 Å². The first kappa shape index (κ1) is 18.9. The van der Waals surface area contributed by atoms with Gasteiger partial charge >= 0.3 is 0 Å². The molecule has 0 saturated carbocycles. The second-order valence-corrected chi connectivity index (χ2v) is 8.17. The maximum absolute atomic E-state index is 13.7. The molecule has 4 aromatic rings. The van der Waals surface area contributed by atoms with Gasteiger partial charge < -0.3 is 4.74 Å². The summed E-state index contributed by atoms with van der Waals surface area (Å²) in [6.07, 6.45) is 2.88. The number of methoxy groups -OCH3 is 1. The minimum absolute atomic E-state index is 0.0481. The highest BCUT2D eigenvalue weighted by molar-refractivity contribution is 7.92. The van der Waals surface area contributed by atoms with E-state index in [2.05, 4.69) is 10.2 Å². The van der Waals surface area contributed by atoms with Crippen molar-refractivity contribution in [2.45, 2.75) is 11.4 Å². The number of ether oxygens (including phenoxy) is 1. The zero-order chi connectivity index (χ0) is 20.4. The first-order valence-corrected chi connectivity index (χ1v) is 10.1. The molecule has 0 spiro atoms. The van der Waals surface area contributed by atoms with Crippen LogP contribution in [0.1, 0.15) is 5.56 Å². The van der Waals surface area contributed by atoms with E-state index in [1.807, 2.05) is 0 Å². The number of fused-ring (bicyclic) bond motifs is 1. The first-order valence-electron chi connectivity index (χ1n) is 8.68. The number of sulfonamides is 1. The second-order valence-electron chi connectivity index (χ2n) is 6.30. The van der Waals surface area contributed by atoms with Crippen LogP contribution in [-0.4, -0.2) is 30.1 Å². The fourth-order valence-corrected chi connectivity index (χ4v) is 4.42. The summed E-state index contributed by atoms with van der Waals surface area (Å²) in [4.78, 5) is 0.0593. The number of halogens is 1. The minimum Gasteiger partial charge on any atom is -0.497 e. The summed E-state index contributed by atoms with van der Waals surface area (Å²) >= 11 is 0. The Labute approximate surface area is 167 Å². The van der Waals surface area contributed by atoms with Gasteiger partial charge in [0.25, 0.3) is 10.0 Å². The van der Waals surface area contributed by atoms with Gasteiger partial charge in [0.05, 0.1) is 19.3 Å². The molecule has 0 amide bonds. The molecule has 29 heavy (non-hydrogen) atoms. The van der Waals surface area contributed by atoms with E-state index < -0.39 is 15.8 Å². The van der Waals surface area contributed by atoms with E-state index in [9.17, 15) is 12.8 Å². The summed E-state index contributed by atoms with van der Waals surface area (Å²) in [5, 5.41) is 7.67. The summed E-state index contributed by atoms with van der Waals surface area (Å²) < 4.78 is 48.7. The molecule has 9 heteroatoms. The smallest absolute Gasteiger partial charge is 0.266 e. The van der Waals surface area contributed by atoms with Crippen molar-refractivity contribution in [3.8, 4) is 5.75 Å². The fourth-order valence-electron chi connectivity index (χ4n) is 2.97. The molecule has 7 nitrogen and oxygen atoms in total. The Balaban J connectivity index is 1.83. The van der Waals surface area contributed by atoms with Crippen molar-refractivity contribution < 1.29 is 17.5 Å². The van der Waals surface area contributed by atoms with Crippen molar-refractivity contribution in [3.63, 3.8) is 0 Å². The van der Waals surface area contributed by atoms with Gasteiger partial charge in [0.2, 0.25) is 0 Å². The van der Waals surface area contributed by atoms with Crippen LogP contribution in [0.15, 0.2) is 78.1 Å². The predicted molar refractivity (Wildman–Crippen MR) is 106 cm³/mol. The third-order valence-electron chi connectivity index (χ3n) is 4.41. The molecule has 0 radical (unpaired) electrons. The average molecular weight is 412 g/mol. The predicted octanol–water partition coefficient (Wildman–Crippen LogP) is 3.27. The molecule has 0 N–H and O–H groups in total. The third kappa shape index (κ3) is 3.77. The number of nitrogens with zero attached hydrogens (tertiary/aromatic N) is 4. The van der Waals surface area contributed by atoms with E-state index in [0.717, 1.165) is 0 Å². The summed E-state index contributed by atoms with van der Waals surface area (Å²) in [7, 11) is -2.48. The van der Waals surface area contributed by atoms with E-state index >= 15 is 0 Å². The normalized spacial score (nSPS) is 11.5. The van der Waals surface area contributed by atoms with Crippen LogP contribution in [0, 0.1) is 5.82 Å². The topological polar surface area (TPSA) is 76.8 Å². The highest BCUT2D eigenvalue weighted by atomic mass is 32.2. The first-order chi connectivity index (χ1) is 14.0. The molecular formula is C20H17FN4O3S. The zero-order valence-electron chi connectivity index (χ0n) is 15.4. The Kier molecular flexibility index (Phi) is 4.89. The minimum atomic E-state index is -3.98. The summed E-state index contributed by atoms with van der Waals surface area (Å²) in [6.45, 7) is -0.0481. The standard InChI is InChI=1S/C20H17FN4O3S/c1-28-18-7-3-6-17(11-18)25(12-15-4-2-5-16(21)10-15)29(26,27)19-8-9-20-23-22-14-24(20)13-19/h2-11,13-14H,12H2,1H3. The SMILES string of the molecule is COc1cccc(N(Cc2cccc(F)c2)S(=O)(=O)c2ccc3nncn3c2)c1. The number of anilines is 1. The van der Waals surface area contributed by atoms with E-state index in [0.29, 0.717) is 22.6 Å². The van der Waals surface area contributed by atoms with Gasteiger partial charge in [-0.2, -0.15) is 0 Å². The largest absolute Gasteiger partial charge is 0.497 e. The van der Waals surface area contributed by atoms with Gasteiger partial charge in [-0.1, -0.05) is 18.2 Å². The lowest BCUT2D eigenvalue weighted by molar-refractivity contribution is 0.415. The molecule has 0 aliphatic rings. The molecular weight excluding hydrogens is 395 g/mol. The maximum Gasteiger partial charge on any atom is 0.266 e. The lowest BCUT2D eigenvalue weighted by atomic mass is 10.2. The third-order valence-corrected chi connectivity index (χ3v) is 6.17. The van der Waals surface area contributed by atoms with Crippen molar-refractivity contribution in [3.05, 3.63) is 84.6 Å². The Bertz CT molecular complexity index is 1270. The van der Waals surface area contributed by atoms with Crippen LogP contribution in [-0.2, 0) is 16.6 Å². The number of benzene rings is 2. The van der Waals surface area contributed by atoms with Gasteiger partial charge in [0.1, 0.15) is 22.8 Å². The van der Waals surface area contributed by atoms with E-state index in [1.54, 1.807) is 42.5 Å². The molecule has 0 unspecified atom stereocenters. The van der Waals surface area contributed by atoms with Gasteiger partial charge in [-0.25, -0.2) is 12.8 Å². The lowest BCUT2D eigenvalue weighted by Crippen LogP contribution is -2.30. The number of hydrogen-bond donors (Lipinski definition) is 0. The Morgan fingerprint density at radius 3 is 2.72 bits per heavy atom. The van der Waals surface area contributed by atoms with Crippen LogP contribution in [0.2, 0.25) is 0 Å². The van der Waals surface area contributed by atoms with E-state index in [4.69, 9.17) is 4.74 Å². The Morgan fingerprint density at radius 2 is 1.93 bits per heavy atom. The Hall–Kier alpha value is -3.46. The summed E-state index contributed by atoms with van der Waals surface area (Å²) in [5.41, 5.74) is 1.45. The molecule has 0 saturated heterocycles. The molecule has 2 aromatic heterocycles. The van der Waals surface area contributed by atoms with Crippen LogP contribution < -0.4 is 9.04 Å². The quantitative estimate of drug-likeness (QED) is 0.486.